The Morgan fingerprint density at radius 3 is 2.59 bits per heavy atom. The first-order valence-corrected chi connectivity index (χ1v) is 12.9. The Morgan fingerprint density at radius 2 is 1.85 bits per heavy atom. The van der Waals surface area contributed by atoms with Crippen molar-refractivity contribution in [2.45, 2.75) is 33.0 Å². The highest BCUT2D eigenvalue weighted by atomic mass is 16.6. The lowest BCUT2D eigenvalue weighted by molar-refractivity contribution is -0.145. The van der Waals surface area contributed by atoms with E-state index < -0.39 is 30.2 Å². The van der Waals surface area contributed by atoms with E-state index in [0.717, 1.165) is 0 Å². The Bertz CT molecular complexity index is 1300. The highest BCUT2D eigenvalue weighted by molar-refractivity contribution is 5.95. The van der Waals surface area contributed by atoms with Gasteiger partial charge in [-0.25, -0.2) is 14.4 Å². The van der Waals surface area contributed by atoms with E-state index in [4.69, 9.17) is 23.7 Å². The number of carbonyl (C=O) groups is 3. The number of ether oxygens (including phenoxy) is 5. The summed E-state index contributed by atoms with van der Waals surface area (Å²) in [6.45, 7) is 5.27. The number of allylic oxidation sites excluding steroid dienone is 1. The van der Waals surface area contributed by atoms with Crippen molar-refractivity contribution in [3.63, 3.8) is 0 Å². The van der Waals surface area contributed by atoms with Crippen LogP contribution in [0.15, 0.2) is 58.8 Å². The Labute approximate surface area is 237 Å². The molecule has 0 aliphatic carbocycles. The molecular formula is C28H34N4O9. The lowest BCUT2D eigenvalue weighted by Crippen LogP contribution is -2.45. The molecule has 0 saturated carbocycles. The molecule has 41 heavy (non-hydrogen) atoms. The normalized spacial score (nSPS) is 15.4. The van der Waals surface area contributed by atoms with Gasteiger partial charge >= 0.3 is 18.0 Å². The van der Waals surface area contributed by atoms with Crippen LogP contribution in [0, 0.1) is 0 Å². The fraction of sp³-hybridized carbons (Fsp3) is 0.357. The molecule has 13 nitrogen and oxygen atoms in total. The van der Waals surface area contributed by atoms with E-state index in [1.54, 1.807) is 63.2 Å². The smallest absolute Gasteiger partial charge is 0.344 e. The zero-order valence-electron chi connectivity index (χ0n) is 23.3. The first kappa shape index (κ1) is 30.8. The number of methoxy groups -OCH3 is 1. The number of amides is 2. The zero-order valence-corrected chi connectivity index (χ0v) is 23.3. The fourth-order valence-electron chi connectivity index (χ4n) is 3.87. The highest BCUT2D eigenvalue weighted by Crippen LogP contribution is 2.34. The number of esters is 2. The molecule has 0 spiro atoms. The number of nitrogens with zero attached hydrogens (tertiary/aromatic N) is 1. The number of para-hydroxylation sites is 1. The average molecular weight is 571 g/mol. The van der Waals surface area contributed by atoms with Gasteiger partial charge in [0.25, 0.3) is 0 Å². The molecule has 1 aliphatic rings. The van der Waals surface area contributed by atoms with Crippen LogP contribution in [0.25, 0.3) is 0 Å². The van der Waals surface area contributed by atoms with E-state index in [0.29, 0.717) is 40.7 Å². The second kappa shape index (κ2) is 15.1. The second-order valence-electron chi connectivity index (χ2n) is 8.55. The number of urea groups is 1. The minimum Gasteiger partial charge on any atom is -0.490 e. The number of nitrogens with one attached hydrogen (secondary N) is 3. The topological polar surface area (TPSA) is 166 Å². The summed E-state index contributed by atoms with van der Waals surface area (Å²) < 4.78 is 26.7. The molecule has 4 N–H and O–H groups in total. The molecule has 220 valence electrons. The molecule has 2 atom stereocenters. The van der Waals surface area contributed by atoms with E-state index >= 15 is 0 Å². The summed E-state index contributed by atoms with van der Waals surface area (Å²) in [4.78, 5) is 36.1. The fourth-order valence-corrected chi connectivity index (χ4v) is 3.87. The number of aliphatic hydroxyl groups is 1. The van der Waals surface area contributed by atoms with Crippen LogP contribution < -0.4 is 30.3 Å². The molecule has 2 aromatic rings. The maximum absolute atomic E-state index is 12.4. The van der Waals surface area contributed by atoms with Gasteiger partial charge in [0.2, 0.25) is 0 Å². The molecule has 1 aliphatic heterocycles. The highest BCUT2D eigenvalue weighted by Gasteiger charge is 2.32. The number of aliphatic hydroxyl groups excluding tert-OH is 1. The number of hydrogen-bond acceptors (Lipinski definition) is 11. The largest absolute Gasteiger partial charge is 0.490 e. The standard InChI is InChI=1S/C28H34N4O9/c1-5-38-22-13-18(26-25(27(35)37-4)17(3)30-28(36)31-26)11-12-21(22)40-15-23(33)32-29-14-19-9-7-8-10-20(19)41-16-24(34)39-6-2/h7-14,23,26,32-33H,5-6,15-16H2,1-4H3,(H2,30,31,36)/b29-14+/t23-,26+/m1/s1. The Balaban J connectivity index is 1.65. The Kier molecular flexibility index (Phi) is 11.3. The van der Waals surface area contributed by atoms with Crippen molar-refractivity contribution in [3.8, 4) is 17.2 Å². The molecule has 0 bridgehead atoms. The van der Waals surface area contributed by atoms with Crippen LogP contribution in [0.3, 0.4) is 0 Å². The monoisotopic (exact) mass is 570 g/mol. The van der Waals surface area contributed by atoms with Gasteiger partial charge in [-0.05, 0) is 50.6 Å². The van der Waals surface area contributed by atoms with E-state index in [2.05, 4.69) is 21.2 Å². The predicted octanol–water partition coefficient (Wildman–Crippen LogP) is 2.15. The molecule has 2 amide bonds. The molecular weight excluding hydrogens is 536 g/mol. The summed E-state index contributed by atoms with van der Waals surface area (Å²) in [5.41, 5.74) is 4.35. The summed E-state index contributed by atoms with van der Waals surface area (Å²) in [7, 11) is 1.26. The summed E-state index contributed by atoms with van der Waals surface area (Å²) in [5.74, 6) is 0.0342. The molecule has 1 heterocycles. The van der Waals surface area contributed by atoms with Crippen LogP contribution in [-0.2, 0) is 19.1 Å². The zero-order chi connectivity index (χ0) is 29.8. The summed E-state index contributed by atoms with van der Waals surface area (Å²) in [6.07, 6.45) is 0.250. The van der Waals surface area contributed by atoms with Crippen molar-refractivity contribution >= 4 is 24.2 Å². The number of carbonyl (C=O) groups excluding carboxylic acids is 3. The van der Waals surface area contributed by atoms with Gasteiger partial charge in [0.15, 0.2) is 24.3 Å². The number of hydrogen-bond donors (Lipinski definition) is 4. The third-order valence-corrected chi connectivity index (χ3v) is 5.67. The van der Waals surface area contributed by atoms with Gasteiger partial charge in [0.1, 0.15) is 12.4 Å². The third-order valence-electron chi connectivity index (χ3n) is 5.67. The van der Waals surface area contributed by atoms with Crippen molar-refractivity contribution in [1.29, 1.82) is 0 Å². The second-order valence-corrected chi connectivity index (χ2v) is 8.55. The van der Waals surface area contributed by atoms with Crippen molar-refractivity contribution in [1.82, 2.24) is 16.1 Å². The van der Waals surface area contributed by atoms with E-state index in [9.17, 15) is 19.5 Å². The van der Waals surface area contributed by atoms with Crippen LogP contribution in [-0.4, -0.2) is 69.1 Å². The van der Waals surface area contributed by atoms with Crippen LogP contribution in [0.4, 0.5) is 4.79 Å². The quantitative estimate of drug-likeness (QED) is 0.114. The van der Waals surface area contributed by atoms with Crippen molar-refractivity contribution in [2.75, 3.05) is 33.5 Å². The van der Waals surface area contributed by atoms with Crippen molar-refractivity contribution in [2.24, 2.45) is 5.10 Å². The lowest BCUT2D eigenvalue weighted by atomic mass is 9.95. The van der Waals surface area contributed by atoms with E-state index in [-0.39, 0.29) is 25.4 Å². The van der Waals surface area contributed by atoms with Gasteiger partial charge in [0, 0.05) is 11.3 Å². The van der Waals surface area contributed by atoms with Crippen molar-refractivity contribution in [3.05, 3.63) is 64.9 Å². The minimum atomic E-state index is -1.19. The SMILES string of the molecule is CCOC(=O)COc1ccccc1/C=N/N[C@H](O)COc1ccc([C@@H]2NC(=O)NC(C)=C2C(=O)OC)cc1OCC. The van der Waals surface area contributed by atoms with Gasteiger partial charge in [-0.2, -0.15) is 5.10 Å². The van der Waals surface area contributed by atoms with Gasteiger partial charge in [-0.1, -0.05) is 18.2 Å². The molecule has 13 heteroatoms. The van der Waals surface area contributed by atoms with Crippen LogP contribution in [0.5, 0.6) is 17.2 Å². The molecule has 0 aromatic heterocycles. The third kappa shape index (κ3) is 8.60. The molecule has 0 saturated heterocycles. The summed E-state index contributed by atoms with van der Waals surface area (Å²) in [6, 6.07) is 10.7. The van der Waals surface area contributed by atoms with Crippen LogP contribution in [0.1, 0.15) is 37.9 Å². The molecule has 3 rings (SSSR count). The molecule has 2 aromatic carbocycles. The van der Waals surface area contributed by atoms with Crippen molar-refractivity contribution < 1.29 is 43.2 Å². The maximum atomic E-state index is 12.4. The van der Waals surface area contributed by atoms with Gasteiger partial charge in [-0.3, -0.25) is 5.43 Å². The molecule has 0 unspecified atom stereocenters. The molecule has 0 radical (unpaired) electrons. The summed E-state index contributed by atoms with van der Waals surface area (Å²) >= 11 is 0. The number of benzene rings is 2. The number of hydrazone groups is 1. The van der Waals surface area contributed by atoms with Gasteiger partial charge < -0.3 is 39.4 Å². The lowest BCUT2D eigenvalue weighted by Gasteiger charge is -2.28. The average Bonchev–Trinajstić information content (AvgIpc) is 2.95. The van der Waals surface area contributed by atoms with Gasteiger partial charge in [-0.15, -0.1) is 0 Å². The Morgan fingerprint density at radius 1 is 1.07 bits per heavy atom. The predicted molar refractivity (Wildman–Crippen MR) is 148 cm³/mol. The molecule has 0 fully saturated rings. The van der Waals surface area contributed by atoms with E-state index in [1.165, 1.54) is 13.3 Å². The van der Waals surface area contributed by atoms with Gasteiger partial charge in [0.05, 0.1) is 38.2 Å². The maximum Gasteiger partial charge on any atom is 0.344 e. The van der Waals surface area contributed by atoms with E-state index in [1.807, 2.05) is 0 Å². The number of rotatable bonds is 14. The first-order chi connectivity index (χ1) is 19.8. The minimum absolute atomic E-state index is 0.186. The van der Waals surface area contributed by atoms with Crippen LogP contribution in [0.2, 0.25) is 0 Å². The summed E-state index contributed by atoms with van der Waals surface area (Å²) in [5, 5.41) is 19.7. The Hall–Kier alpha value is -4.78. The first-order valence-electron chi connectivity index (χ1n) is 12.9. The van der Waals surface area contributed by atoms with Crippen LogP contribution >= 0.6 is 0 Å².